The highest BCUT2D eigenvalue weighted by Gasteiger charge is 2.10. The molecule has 1 aromatic rings. The van der Waals surface area contributed by atoms with Crippen LogP contribution in [0.1, 0.15) is 0 Å². The molecule has 0 saturated carbocycles. The highest BCUT2D eigenvalue weighted by atomic mass is 35.5. The molecule has 0 fully saturated rings. The molecule has 0 spiro atoms. The summed E-state index contributed by atoms with van der Waals surface area (Å²) in [7, 11) is 5.20. The Kier molecular flexibility index (Phi) is 3.85. The van der Waals surface area contributed by atoms with E-state index in [1.54, 1.807) is 38.2 Å². The molecular formula is C9H13ClN4O. The molecule has 0 aliphatic heterocycles. The second kappa shape index (κ2) is 4.93. The lowest BCUT2D eigenvalue weighted by Crippen LogP contribution is -2.34. The van der Waals surface area contributed by atoms with Gasteiger partial charge < -0.3 is 9.80 Å². The van der Waals surface area contributed by atoms with Crippen molar-refractivity contribution in [3.63, 3.8) is 0 Å². The maximum Gasteiger partial charge on any atom is 0.241 e. The molecule has 6 heteroatoms. The highest BCUT2D eigenvalue weighted by molar-refractivity contribution is 6.29. The lowest BCUT2D eigenvalue weighted by molar-refractivity contribution is -0.127. The number of rotatable bonds is 3. The van der Waals surface area contributed by atoms with Crippen molar-refractivity contribution in [2.24, 2.45) is 0 Å². The molecule has 0 bridgehead atoms. The van der Waals surface area contributed by atoms with Gasteiger partial charge in [-0.2, -0.15) is 0 Å². The van der Waals surface area contributed by atoms with E-state index < -0.39 is 0 Å². The van der Waals surface area contributed by atoms with E-state index >= 15 is 0 Å². The van der Waals surface area contributed by atoms with Crippen LogP contribution in [0.5, 0.6) is 0 Å². The smallest absolute Gasteiger partial charge is 0.241 e. The summed E-state index contributed by atoms with van der Waals surface area (Å²) in [5, 5.41) is 7.90. The Labute approximate surface area is 93.6 Å². The van der Waals surface area contributed by atoms with Crippen molar-refractivity contribution in [3.05, 3.63) is 17.3 Å². The van der Waals surface area contributed by atoms with Crippen molar-refractivity contribution in [2.45, 2.75) is 0 Å². The fourth-order valence-corrected chi connectivity index (χ4v) is 1.04. The third-order valence-electron chi connectivity index (χ3n) is 1.88. The number of carbonyl (C=O) groups is 1. The van der Waals surface area contributed by atoms with Gasteiger partial charge in [0, 0.05) is 21.1 Å². The van der Waals surface area contributed by atoms with Crippen molar-refractivity contribution in [1.29, 1.82) is 0 Å². The highest BCUT2D eigenvalue weighted by Crippen LogP contribution is 2.09. The van der Waals surface area contributed by atoms with E-state index in [0.717, 1.165) is 0 Å². The summed E-state index contributed by atoms with van der Waals surface area (Å²) in [5.41, 5.74) is 0. The third kappa shape index (κ3) is 3.36. The van der Waals surface area contributed by atoms with Gasteiger partial charge in [-0.15, -0.1) is 10.2 Å². The third-order valence-corrected chi connectivity index (χ3v) is 2.08. The van der Waals surface area contributed by atoms with Gasteiger partial charge in [0.05, 0.1) is 6.54 Å². The number of nitrogens with zero attached hydrogens (tertiary/aromatic N) is 4. The van der Waals surface area contributed by atoms with Crippen LogP contribution < -0.4 is 4.90 Å². The molecule has 0 aliphatic rings. The van der Waals surface area contributed by atoms with Crippen molar-refractivity contribution >= 4 is 23.3 Å². The Morgan fingerprint density at radius 1 is 1.33 bits per heavy atom. The Morgan fingerprint density at radius 2 is 2.00 bits per heavy atom. The average Bonchev–Trinajstić information content (AvgIpc) is 2.18. The van der Waals surface area contributed by atoms with Crippen LogP contribution in [0.2, 0.25) is 5.15 Å². The van der Waals surface area contributed by atoms with Gasteiger partial charge in [0.2, 0.25) is 5.91 Å². The van der Waals surface area contributed by atoms with Crippen LogP contribution in [0, 0.1) is 0 Å². The number of aromatic nitrogens is 2. The van der Waals surface area contributed by atoms with Gasteiger partial charge in [-0.1, -0.05) is 11.6 Å². The van der Waals surface area contributed by atoms with Crippen LogP contribution in [-0.2, 0) is 4.79 Å². The lowest BCUT2D eigenvalue weighted by Gasteiger charge is -2.19. The maximum atomic E-state index is 11.4. The fraction of sp³-hybridized carbons (Fsp3) is 0.444. The van der Waals surface area contributed by atoms with E-state index in [4.69, 9.17) is 11.6 Å². The molecule has 0 atom stereocenters. The summed E-state index contributed by atoms with van der Waals surface area (Å²) >= 11 is 5.61. The van der Waals surface area contributed by atoms with E-state index in [1.165, 1.54) is 4.90 Å². The summed E-state index contributed by atoms with van der Waals surface area (Å²) in [6.45, 7) is 0.267. The molecule has 15 heavy (non-hydrogen) atoms. The summed E-state index contributed by atoms with van der Waals surface area (Å²) in [6.07, 6.45) is 0. The van der Waals surface area contributed by atoms with Crippen LogP contribution in [0.15, 0.2) is 12.1 Å². The number of hydrogen-bond acceptors (Lipinski definition) is 4. The Balaban J connectivity index is 2.65. The minimum absolute atomic E-state index is 0.00856. The van der Waals surface area contributed by atoms with Gasteiger partial charge in [-0.3, -0.25) is 4.79 Å². The number of anilines is 1. The first-order chi connectivity index (χ1) is 7.00. The number of likely N-dealkylation sites (N-methyl/N-ethyl adjacent to an activating group) is 2. The molecule has 1 rings (SSSR count). The zero-order valence-corrected chi connectivity index (χ0v) is 9.69. The maximum absolute atomic E-state index is 11.4. The molecule has 0 radical (unpaired) electrons. The first-order valence-corrected chi connectivity index (χ1v) is 4.79. The predicted octanol–water partition coefficient (Wildman–Crippen LogP) is 0.654. The molecule has 0 N–H and O–H groups in total. The summed E-state index contributed by atoms with van der Waals surface area (Å²) in [5.74, 6) is 0.629. The average molecular weight is 229 g/mol. The first-order valence-electron chi connectivity index (χ1n) is 4.41. The molecule has 1 amide bonds. The molecular weight excluding hydrogens is 216 g/mol. The monoisotopic (exact) mass is 228 g/mol. The normalized spacial score (nSPS) is 9.87. The van der Waals surface area contributed by atoms with Gasteiger partial charge in [0.25, 0.3) is 0 Å². The van der Waals surface area contributed by atoms with Gasteiger partial charge in [0.1, 0.15) is 0 Å². The van der Waals surface area contributed by atoms with Gasteiger partial charge >= 0.3 is 0 Å². The van der Waals surface area contributed by atoms with Crippen LogP contribution in [0.4, 0.5) is 5.82 Å². The predicted molar refractivity (Wildman–Crippen MR) is 59.0 cm³/mol. The number of carbonyl (C=O) groups excluding carboxylic acids is 1. The van der Waals surface area contributed by atoms with Crippen LogP contribution >= 0.6 is 11.6 Å². The van der Waals surface area contributed by atoms with E-state index in [-0.39, 0.29) is 12.5 Å². The minimum atomic E-state index is 0.00856. The Hall–Kier alpha value is -1.36. The van der Waals surface area contributed by atoms with Crippen LogP contribution in [0.3, 0.4) is 0 Å². The summed E-state index contributed by atoms with van der Waals surface area (Å²) < 4.78 is 0. The molecule has 0 unspecified atom stereocenters. The van der Waals surface area contributed by atoms with E-state index in [2.05, 4.69) is 10.2 Å². The molecule has 0 aliphatic carbocycles. The SMILES string of the molecule is CN(C)C(=O)CN(C)c1ccc(Cl)nn1. The quantitative estimate of drug-likeness (QED) is 0.763. The van der Waals surface area contributed by atoms with Gasteiger partial charge in [-0.05, 0) is 12.1 Å². The fourth-order valence-electron chi connectivity index (χ4n) is 0.938. The largest absolute Gasteiger partial charge is 0.349 e. The van der Waals surface area contributed by atoms with E-state index in [0.29, 0.717) is 11.0 Å². The topological polar surface area (TPSA) is 49.3 Å². The van der Waals surface area contributed by atoms with Crippen LogP contribution in [-0.4, -0.2) is 48.7 Å². The zero-order chi connectivity index (χ0) is 11.4. The second-order valence-electron chi connectivity index (χ2n) is 3.36. The molecule has 5 nitrogen and oxygen atoms in total. The molecule has 0 aromatic carbocycles. The number of hydrogen-bond donors (Lipinski definition) is 0. The second-order valence-corrected chi connectivity index (χ2v) is 3.75. The zero-order valence-electron chi connectivity index (χ0n) is 8.94. The van der Waals surface area contributed by atoms with Crippen molar-refractivity contribution in [1.82, 2.24) is 15.1 Å². The Morgan fingerprint density at radius 3 is 2.47 bits per heavy atom. The van der Waals surface area contributed by atoms with Crippen molar-refractivity contribution < 1.29 is 4.79 Å². The van der Waals surface area contributed by atoms with E-state index in [9.17, 15) is 4.79 Å². The first kappa shape index (κ1) is 11.7. The number of amides is 1. The van der Waals surface area contributed by atoms with Crippen molar-refractivity contribution in [3.8, 4) is 0 Å². The summed E-state index contributed by atoms with van der Waals surface area (Å²) in [6, 6.07) is 3.36. The summed E-state index contributed by atoms with van der Waals surface area (Å²) in [4.78, 5) is 14.6. The molecule has 1 heterocycles. The lowest BCUT2D eigenvalue weighted by atomic mass is 10.4. The van der Waals surface area contributed by atoms with Gasteiger partial charge in [-0.25, -0.2) is 0 Å². The Bertz CT molecular complexity index is 338. The molecule has 1 aromatic heterocycles. The standard InChI is InChI=1S/C9H13ClN4O/c1-13(2)9(15)6-14(3)8-5-4-7(10)11-12-8/h4-5H,6H2,1-3H3. The van der Waals surface area contributed by atoms with Gasteiger partial charge in [0.15, 0.2) is 11.0 Å². The molecule has 0 saturated heterocycles. The molecule has 82 valence electrons. The number of halogens is 1. The minimum Gasteiger partial charge on any atom is -0.349 e. The van der Waals surface area contributed by atoms with E-state index in [1.807, 2.05) is 0 Å². The van der Waals surface area contributed by atoms with Crippen molar-refractivity contribution in [2.75, 3.05) is 32.6 Å². The van der Waals surface area contributed by atoms with Crippen LogP contribution in [0.25, 0.3) is 0 Å².